The van der Waals surface area contributed by atoms with Crippen molar-refractivity contribution in [2.75, 3.05) is 6.26 Å². The molecule has 146 valence electrons. The molecular weight excluding hydrogens is 390 g/mol. The summed E-state index contributed by atoms with van der Waals surface area (Å²) in [5.41, 5.74) is 2.46. The van der Waals surface area contributed by atoms with Crippen LogP contribution in [0.2, 0.25) is 0 Å². The summed E-state index contributed by atoms with van der Waals surface area (Å²) in [6, 6.07) is 14.9. The smallest absolute Gasteiger partial charge is 0.343 e. The third-order valence-corrected chi connectivity index (χ3v) is 4.85. The fourth-order valence-electron chi connectivity index (χ4n) is 2.78. The van der Waals surface area contributed by atoms with Crippen LogP contribution in [-0.2, 0) is 11.3 Å². The fourth-order valence-corrected chi connectivity index (χ4v) is 3.39. The lowest BCUT2D eigenvalue weighted by Gasteiger charge is -2.10. The van der Waals surface area contributed by atoms with Gasteiger partial charge in [0.15, 0.2) is 24.0 Å². The van der Waals surface area contributed by atoms with Crippen molar-refractivity contribution < 1.29 is 18.5 Å². The zero-order chi connectivity index (χ0) is 20.2. The molecule has 3 aromatic heterocycles. The highest BCUT2D eigenvalue weighted by atomic mass is 32.2. The van der Waals surface area contributed by atoms with Crippen LogP contribution in [0, 0.1) is 6.92 Å². The summed E-state index contributed by atoms with van der Waals surface area (Å²) in [5, 5.41) is 4.55. The van der Waals surface area contributed by atoms with Crippen molar-refractivity contribution in [3.05, 3.63) is 71.8 Å². The van der Waals surface area contributed by atoms with E-state index in [1.165, 1.54) is 11.8 Å². The first-order valence-electron chi connectivity index (χ1n) is 8.80. The van der Waals surface area contributed by atoms with E-state index in [0.29, 0.717) is 39.3 Å². The first-order valence-corrected chi connectivity index (χ1v) is 10.0. The molecular formula is C21H17N3O4S. The van der Waals surface area contributed by atoms with Gasteiger partial charge in [-0.2, -0.15) is 0 Å². The molecule has 0 atom stereocenters. The molecule has 0 bridgehead atoms. The molecule has 8 heteroatoms. The number of carbonyl (C=O) groups is 1. The normalized spacial score (nSPS) is 10.8. The van der Waals surface area contributed by atoms with E-state index in [0.717, 1.165) is 5.56 Å². The SMILES string of the molecule is CSc1nc(-c2ccco2)nc(C)c1C(=O)OCc1cc(-c2ccccc2)no1. The summed E-state index contributed by atoms with van der Waals surface area (Å²) in [6.07, 6.45) is 3.39. The number of carbonyl (C=O) groups excluding carboxylic acids is 1. The number of esters is 1. The highest BCUT2D eigenvalue weighted by Gasteiger charge is 2.21. The molecule has 0 saturated carbocycles. The molecule has 0 fully saturated rings. The van der Waals surface area contributed by atoms with Crippen LogP contribution < -0.4 is 0 Å². The number of aromatic nitrogens is 3. The second-order valence-electron chi connectivity index (χ2n) is 6.11. The molecule has 0 unspecified atom stereocenters. The fraction of sp³-hybridized carbons (Fsp3) is 0.143. The second kappa shape index (κ2) is 8.32. The molecule has 0 amide bonds. The number of thioether (sulfide) groups is 1. The van der Waals surface area contributed by atoms with Crippen molar-refractivity contribution in [3.63, 3.8) is 0 Å². The summed E-state index contributed by atoms with van der Waals surface area (Å²) in [6.45, 7) is 1.71. The summed E-state index contributed by atoms with van der Waals surface area (Å²) >= 11 is 1.34. The maximum atomic E-state index is 12.7. The van der Waals surface area contributed by atoms with Crippen LogP contribution in [0.15, 0.2) is 68.8 Å². The minimum absolute atomic E-state index is 0.0359. The van der Waals surface area contributed by atoms with Crippen molar-refractivity contribution in [2.24, 2.45) is 0 Å². The Morgan fingerprint density at radius 2 is 1.97 bits per heavy atom. The molecule has 0 saturated heterocycles. The zero-order valence-corrected chi connectivity index (χ0v) is 16.6. The molecule has 0 N–H and O–H groups in total. The Kier molecular flexibility index (Phi) is 5.44. The molecule has 1 aromatic carbocycles. The summed E-state index contributed by atoms with van der Waals surface area (Å²) < 4.78 is 16.1. The lowest BCUT2D eigenvalue weighted by molar-refractivity contribution is 0.0430. The number of benzene rings is 1. The Morgan fingerprint density at radius 1 is 1.14 bits per heavy atom. The van der Waals surface area contributed by atoms with Crippen LogP contribution in [0.5, 0.6) is 0 Å². The first kappa shape index (κ1) is 18.9. The van der Waals surface area contributed by atoms with E-state index in [1.54, 1.807) is 31.4 Å². The molecule has 29 heavy (non-hydrogen) atoms. The van der Waals surface area contributed by atoms with Gasteiger partial charge in [0, 0.05) is 11.6 Å². The van der Waals surface area contributed by atoms with E-state index in [9.17, 15) is 4.79 Å². The van der Waals surface area contributed by atoms with Crippen molar-refractivity contribution in [3.8, 4) is 22.8 Å². The van der Waals surface area contributed by atoms with Gasteiger partial charge < -0.3 is 13.7 Å². The van der Waals surface area contributed by atoms with E-state index in [4.69, 9.17) is 13.7 Å². The minimum Gasteiger partial charge on any atom is -0.461 e. The molecule has 3 heterocycles. The highest BCUT2D eigenvalue weighted by Crippen LogP contribution is 2.26. The predicted octanol–water partition coefficient (Wildman–Crippen LogP) is 4.78. The van der Waals surface area contributed by atoms with Crippen LogP contribution >= 0.6 is 11.8 Å². The van der Waals surface area contributed by atoms with Crippen LogP contribution in [0.3, 0.4) is 0 Å². The van der Waals surface area contributed by atoms with Gasteiger partial charge >= 0.3 is 5.97 Å². The van der Waals surface area contributed by atoms with E-state index in [1.807, 2.05) is 36.6 Å². The number of aryl methyl sites for hydroxylation is 1. The Morgan fingerprint density at radius 3 is 2.69 bits per heavy atom. The van der Waals surface area contributed by atoms with Crippen LogP contribution in [0.25, 0.3) is 22.8 Å². The van der Waals surface area contributed by atoms with Gasteiger partial charge in [-0.3, -0.25) is 0 Å². The number of hydrogen-bond acceptors (Lipinski definition) is 8. The third kappa shape index (κ3) is 4.07. The largest absolute Gasteiger partial charge is 0.461 e. The van der Waals surface area contributed by atoms with Gasteiger partial charge in [0.25, 0.3) is 0 Å². The number of hydrogen-bond donors (Lipinski definition) is 0. The van der Waals surface area contributed by atoms with E-state index < -0.39 is 5.97 Å². The van der Waals surface area contributed by atoms with Gasteiger partial charge in [-0.1, -0.05) is 35.5 Å². The van der Waals surface area contributed by atoms with Crippen LogP contribution in [0.4, 0.5) is 0 Å². The number of furan rings is 1. The Hall–Kier alpha value is -3.39. The molecule has 0 aliphatic carbocycles. The Labute approximate surface area is 171 Å². The Balaban J connectivity index is 1.51. The van der Waals surface area contributed by atoms with Crippen molar-refractivity contribution >= 4 is 17.7 Å². The molecule has 0 radical (unpaired) electrons. The van der Waals surface area contributed by atoms with Crippen molar-refractivity contribution in [1.29, 1.82) is 0 Å². The average molecular weight is 407 g/mol. The number of nitrogens with zero attached hydrogens (tertiary/aromatic N) is 3. The molecule has 0 aliphatic heterocycles. The summed E-state index contributed by atoms with van der Waals surface area (Å²) in [5.74, 6) is 0.902. The minimum atomic E-state index is -0.518. The predicted molar refractivity (Wildman–Crippen MR) is 107 cm³/mol. The average Bonchev–Trinajstić information content (AvgIpc) is 3.44. The van der Waals surface area contributed by atoms with Crippen molar-refractivity contribution in [2.45, 2.75) is 18.6 Å². The lowest BCUT2D eigenvalue weighted by Crippen LogP contribution is -2.12. The summed E-state index contributed by atoms with van der Waals surface area (Å²) in [4.78, 5) is 21.5. The molecule has 7 nitrogen and oxygen atoms in total. The quantitative estimate of drug-likeness (QED) is 0.256. The van der Waals surface area contributed by atoms with Gasteiger partial charge in [-0.25, -0.2) is 14.8 Å². The molecule has 0 spiro atoms. The van der Waals surface area contributed by atoms with Gasteiger partial charge in [0.2, 0.25) is 0 Å². The first-order chi connectivity index (χ1) is 14.2. The third-order valence-electron chi connectivity index (χ3n) is 4.17. The number of ether oxygens (including phenoxy) is 1. The zero-order valence-electron chi connectivity index (χ0n) is 15.8. The van der Waals surface area contributed by atoms with Gasteiger partial charge in [0.05, 0.1) is 12.0 Å². The maximum absolute atomic E-state index is 12.7. The van der Waals surface area contributed by atoms with E-state index >= 15 is 0 Å². The lowest BCUT2D eigenvalue weighted by atomic mass is 10.1. The monoisotopic (exact) mass is 407 g/mol. The molecule has 4 rings (SSSR count). The van der Waals surface area contributed by atoms with Crippen LogP contribution in [-0.4, -0.2) is 27.3 Å². The maximum Gasteiger partial charge on any atom is 0.343 e. The molecule has 0 aliphatic rings. The second-order valence-corrected chi connectivity index (χ2v) is 6.91. The molecule has 4 aromatic rings. The Bertz CT molecular complexity index is 1120. The van der Waals surface area contributed by atoms with Gasteiger partial charge in [0.1, 0.15) is 16.3 Å². The topological polar surface area (TPSA) is 91.2 Å². The van der Waals surface area contributed by atoms with Gasteiger partial charge in [-0.15, -0.1) is 11.8 Å². The number of rotatable bonds is 6. The summed E-state index contributed by atoms with van der Waals surface area (Å²) in [7, 11) is 0. The van der Waals surface area contributed by atoms with Crippen LogP contribution in [0.1, 0.15) is 21.8 Å². The van der Waals surface area contributed by atoms with Crippen molar-refractivity contribution in [1.82, 2.24) is 15.1 Å². The van der Waals surface area contributed by atoms with Gasteiger partial charge in [-0.05, 0) is 25.3 Å². The standard InChI is InChI=1S/C21H17N3O4S/c1-13-18(20(29-2)23-19(22-13)17-9-6-10-26-17)21(25)27-12-15-11-16(24-28-15)14-7-4-3-5-8-14/h3-11H,12H2,1-2H3. The van der Waals surface area contributed by atoms with E-state index in [2.05, 4.69) is 15.1 Å². The highest BCUT2D eigenvalue weighted by molar-refractivity contribution is 7.98. The van der Waals surface area contributed by atoms with E-state index in [-0.39, 0.29) is 6.61 Å².